The average Bonchev–Trinajstić information content (AvgIpc) is 3.63. The lowest BCUT2D eigenvalue weighted by atomic mass is 10.2. The maximum atomic E-state index is 13.7. The maximum absolute atomic E-state index is 13.7. The summed E-state index contributed by atoms with van der Waals surface area (Å²) in [7, 11) is 0. The highest BCUT2D eigenvalue weighted by molar-refractivity contribution is 5.87. The molecule has 0 fully saturated rings. The van der Waals surface area contributed by atoms with Crippen LogP contribution in [0.15, 0.2) is 57.4 Å². The van der Waals surface area contributed by atoms with Crippen molar-refractivity contribution in [3.63, 3.8) is 0 Å². The minimum absolute atomic E-state index is 0.0126. The zero-order chi connectivity index (χ0) is 28.6. The molecule has 0 unspecified atom stereocenters. The van der Waals surface area contributed by atoms with Crippen LogP contribution < -0.4 is 10.6 Å². The molecule has 0 spiro atoms. The zero-order valence-corrected chi connectivity index (χ0v) is 20.9. The molecule has 0 aliphatic rings. The Morgan fingerprint density at radius 1 is 1.07 bits per heavy atom. The number of carbonyl (C=O) groups excluding carboxylic acids is 1. The number of benzene rings is 2. The number of nitrogens with one attached hydrogen (secondary N) is 2. The fourth-order valence-corrected chi connectivity index (χ4v) is 3.92. The van der Waals surface area contributed by atoms with E-state index in [9.17, 15) is 22.8 Å². The van der Waals surface area contributed by atoms with E-state index in [0.717, 1.165) is 10.7 Å². The van der Waals surface area contributed by atoms with Crippen LogP contribution in [0, 0.1) is 6.92 Å². The number of halogens is 3. The van der Waals surface area contributed by atoms with Crippen LogP contribution in [0.25, 0.3) is 39.8 Å². The van der Waals surface area contributed by atoms with Crippen LogP contribution in [0.2, 0.25) is 0 Å². The first-order valence-corrected chi connectivity index (χ1v) is 11.7. The van der Waals surface area contributed by atoms with Gasteiger partial charge in [0.15, 0.2) is 17.2 Å². The number of fused-ring (bicyclic) bond motifs is 1. The van der Waals surface area contributed by atoms with Gasteiger partial charge in [0.25, 0.3) is 11.8 Å². The first-order chi connectivity index (χ1) is 19.0. The van der Waals surface area contributed by atoms with Crippen molar-refractivity contribution in [3.8, 4) is 28.7 Å². The third-order valence-electron chi connectivity index (χ3n) is 5.75. The monoisotopic (exact) mass is 555 g/mol. The molecule has 0 bridgehead atoms. The van der Waals surface area contributed by atoms with Gasteiger partial charge in [0.2, 0.25) is 5.91 Å². The van der Waals surface area contributed by atoms with E-state index in [1.165, 1.54) is 19.1 Å². The van der Waals surface area contributed by atoms with Gasteiger partial charge in [0.1, 0.15) is 17.3 Å². The average molecular weight is 555 g/mol. The third kappa shape index (κ3) is 5.34. The molecule has 5 aromatic rings. The quantitative estimate of drug-likeness (QED) is 0.265. The molecule has 0 radical (unpaired) electrons. The van der Waals surface area contributed by atoms with E-state index in [2.05, 4.69) is 25.6 Å². The standard InChI is InChI=1S/C25H20F3N7O5/c1-12(30-24(37)38)21(36)29-11-14-5-3-6-15(9-14)35-18(10-19(34-35)25(26,27)28)23-33-32-22(40-23)16-7-4-8-17-20(16)39-13(2)31-17/h3-10,12,30H,11H2,1-2H3,(H,29,36)(H,37,38)/t12-/m0/s1. The van der Waals surface area contributed by atoms with Gasteiger partial charge in [0.05, 0.1) is 11.3 Å². The molecule has 3 aromatic heterocycles. The molecule has 2 aromatic carbocycles. The predicted molar refractivity (Wildman–Crippen MR) is 132 cm³/mol. The number of carbonyl (C=O) groups is 2. The number of carboxylic acid groups (broad SMARTS) is 1. The van der Waals surface area contributed by atoms with Gasteiger partial charge in [-0.25, -0.2) is 14.5 Å². The fourth-order valence-electron chi connectivity index (χ4n) is 3.92. The number of oxazole rings is 1. The topological polar surface area (TPSA) is 161 Å². The number of hydrogen-bond donors (Lipinski definition) is 3. The summed E-state index contributed by atoms with van der Waals surface area (Å²) in [6.45, 7) is 3.02. The van der Waals surface area contributed by atoms with E-state index >= 15 is 0 Å². The number of rotatable bonds is 7. The second kappa shape index (κ2) is 10.2. The van der Waals surface area contributed by atoms with Gasteiger partial charge < -0.3 is 24.6 Å². The summed E-state index contributed by atoms with van der Waals surface area (Å²) in [6, 6.07) is 11.1. The van der Waals surface area contributed by atoms with Crippen LogP contribution in [-0.4, -0.2) is 48.1 Å². The summed E-state index contributed by atoms with van der Waals surface area (Å²) < 4.78 is 53.4. The summed E-state index contributed by atoms with van der Waals surface area (Å²) in [5, 5.41) is 25.1. The Balaban J connectivity index is 1.48. The Bertz CT molecular complexity index is 1720. The van der Waals surface area contributed by atoms with Gasteiger partial charge in [-0.15, -0.1) is 10.2 Å². The maximum Gasteiger partial charge on any atom is 0.435 e. The van der Waals surface area contributed by atoms with Gasteiger partial charge >= 0.3 is 12.3 Å². The highest BCUT2D eigenvalue weighted by Gasteiger charge is 2.36. The van der Waals surface area contributed by atoms with Gasteiger partial charge in [0, 0.05) is 19.5 Å². The molecule has 3 heterocycles. The SMILES string of the molecule is Cc1nc2cccc(-c3nnc(-c4cc(C(F)(F)F)nn4-c4cccc(CNC(=O)[C@H](C)NC(=O)O)c4)o3)c2o1. The Kier molecular flexibility index (Phi) is 6.71. The molecular formula is C25H20F3N7O5. The second-order valence-corrected chi connectivity index (χ2v) is 8.68. The smallest absolute Gasteiger partial charge is 0.435 e. The van der Waals surface area contributed by atoms with Crippen LogP contribution in [0.4, 0.5) is 18.0 Å². The van der Waals surface area contributed by atoms with E-state index in [4.69, 9.17) is 13.9 Å². The second-order valence-electron chi connectivity index (χ2n) is 8.68. The van der Waals surface area contributed by atoms with Crippen molar-refractivity contribution in [2.45, 2.75) is 32.6 Å². The number of hydrogen-bond acceptors (Lipinski definition) is 8. The fraction of sp³-hybridized carbons (Fsp3) is 0.200. The summed E-state index contributed by atoms with van der Waals surface area (Å²) in [5.74, 6) is -0.377. The Morgan fingerprint density at radius 3 is 2.58 bits per heavy atom. The molecule has 15 heteroatoms. The van der Waals surface area contributed by atoms with Crippen LogP contribution in [0.5, 0.6) is 0 Å². The third-order valence-corrected chi connectivity index (χ3v) is 5.75. The van der Waals surface area contributed by atoms with Crippen LogP contribution in [0.3, 0.4) is 0 Å². The largest absolute Gasteiger partial charge is 0.465 e. The minimum Gasteiger partial charge on any atom is -0.465 e. The molecule has 12 nitrogen and oxygen atoms in total. The number of alkyl halides is 3. The highest BCUT2D eigenvalue weighted by Crippen LogP contribution is 2.35. The molecule has 0 saturated heterocycles. The molecule has 0 aliphatic carbocycles. The lowest BCUT2D eigenvalue weighted by Gasteiger charge is -2.13. The molecule has 206 valence electrons. The van der Waals surface area contributed by atoms with E-state index in [1.54, 1.807) is 37.3 Å². The first-order valence-electron chi connectivity index (χ1n) is 11.7. The first kappa shape index (κ1) is 26.4. The molecule has 3 N–H and O–H groups in total. The lowest BCUT2D eigenvalue weighted by molar-refractivity contribution is -0.141. The minimum atomic E-state index is -4.76. The summed E-state index contributed by atoms with van der Waals surface area (Å²) in [4.78, 5) is 27.1. The van der Waals surface area contributed by atoms with E-state index in [-0.39, 0.29) is 29.7 Å². The Hall–Kier alpha value is -5.21. The van der Waals surface area contributed by atoms with Crippen molar-refractivity contribution in [2.75, 3.05) is 0 Å². The molecular weight excluding hydrogens is 535 g/mol. The Labute approximate surface area is 222 Å². The normalized spacial score (nSPS) is 12.4. The van der Waals surface area contributed by atoms with Gasteiger partial charge in [-0.05, 0) is 36.8 Å². The highest BCUT2D eigenvalue weighted by atomic mass is 19.4. The molecule has 5 rings (SSSR count). The zero-order valence-electron chi connectivity index (χ0n) is 20.9. The van der Waals surface area contributed by atoms with Gasteiger partial charge in [-0.1, -0.05) is 18.2 Å². The van der Waals surface area contributed by atoms with Crippen LogP contribution >= 0.6 is 0 Å². The van der Waals surface area contributed by atoms with E-state index in [0.29, 0.717) is 28.1 Å². The summed E-state index contributed by atoms with van der Waals surface area (Å²) in [5.41, 5.74) is 0.806. The molecule has 1 atom stereocenters. The molecule has 0 saturated carbocycles. The van der Waals surface area contributed by atoms with Crippen LogP contribution in [0.1, 0.15) is 24.1 Å². The van der Waals surface area contributed by atoms with Gasteiger partial charge in [-0.2, -0.15) is 18.3 Å². The van der Waals surface area contributed by atoms with E-state index < -0.39 is 29.9 Å². The van der Waals surface area contributed by atoms with Crippen molar-refractivity contribution < 1.29 is 36.7 Å². The van der Waals surface area contributed by atoms with Crippen molar-refractivity contribution >= 4 is 23.1 Å². The van der Waals surface area contributed by atoms with Gasteiger partial charge in [-0.3, -0.25) is 4.79 Å². The summed E-state index contributed by atoms with van der Waals surface area (Å²) in [6.07, 6.45) is -6.11. The summed E-state index contributed by atoms with van der Waals surface area (Å²) >= 11 is 0. The van der Waals surface area contributed by atoms with Crippen molar-refractivity contribution in [1.29, 1.82) is 0 Å². The van der Waals surface area contributed by atoms with Crippen LogP contribution in [-0.2, 0) is 17.5 Å². The Morgan fingerprint density at radius 2 is 1.82 bits per heavy atom. The lowest BCUT2D eigenvalue weighted by Crippen LogP contribution is -2.44. The molecule has 2 amide bonds. The predicted octanol–water partition coefficient (Wildman–Crippen LogP) is 4.33. The van der Waals surface area contributed by atoms with Crippen molar-refractivity contribution in [2.24, 2.45) is 0 Å². The molecule has 0 aliphatic heterocycles. The number of para-hydroxylation sites is 1. The number of aromatic nitrogens is 5. The van der Waals surface area contributed by atoms with Crippen molar-refractivity contribution in [3.05, 3.63) is 65.7 Å². The number of nitrogens with zero attached hydrogens (tertiary/aromatic N) is 5. The number of aryl methyl sites for hydroxylation is 1. The molecule has 40 heavy (non-hydrogen) atoms. The van der Waals surface area contributed by atoms with Crippen molar-refractivity contribution in [1.82, 2.24) is 35.6 Å². The number of amides is 2. The van der Waals surface area contributed by atoms with E-state index in [1.807, 2.05) is 5.32 Å².